The largest absolute Gasteiger partial charge is 0.459 e. The van der Waals surface area contributed by atoms with E-state index < -0.39 is 0 Å². The van der Waals surface area contributed by atoms with Gasteiger partial charge in [-0.15, -0.1) is 0 Å². The smallest absolute Gasteiger partial charge is 0.303 e. The van der Waals surface area contributed by atoms with E-state index in [0.717, 1.165) is 12.8 Å². The molecule has 14 heavy (non-hydrogen) atoms. The number of esters is 2. The Bertz CT molecular complexity index is 200. The highest BCUT2D eigenvalue weighted by Gasteiger charge is 2.29. The van der Waals surface area contributed by atoms with Gasteiger partial charge in [-0.3, -0.25) is 9.59 Å². The van der Waals surface area contributed by atoms with E-state index in [1.54, 1.807) is 0 Å². The van der Waals surface area contributed by atoms with Gasteiger partial charge in [0.1, 0.15) is 12.2 Å². The maximum absolute atomic E-state index is 10.8. The molecule has 1 aliphatic rings. The van der Waals surface area contributed by atoms with Gasteiger partial charge < -0.3 is 9.47 Å². The summed E-state index contributed by atoms with van der Waals surface area (Å²) < 4.78 is 10.1. The van der Waals surface area contributed by atoms with Crippen LogP contribution in [0.15, 0.2) is 0 Å². The Kier molecular flexibility index (Phi) is 3.92. The highest BCUT2D eigenvalue weighted by atomic mass is 16.6. The van der Waals surface area contributed by atoms with Gasteiger partial charge in [-0.2, -0.15) is 0 Å². The van der Waals surface area contributed by atoms with E-state index in [4.69, 9.17) is 9.47 Å². The Morgan fingerprint density at radius 2 is 1.71 bits per heavy atom. The summed E-state index contributed by atoms with van der Waals surface area (Å²) in [7, 11) is 0. The second-order valence-corrected chi connectivity index (χ2v) is 3.40. The molecule has 0 spiro atoms. The zero-order valence-electron chi connectivity index (χ0n) is 8.49. The molecule has 1 saturated carbocycles. The van der Waals surface area contributed by atoms with Crippen LogP contribution in [-0.2, 0) is 19.1 Å². The molecule has 79 valence electrons. The fourth-order valence-electron chi connectivity index (χ4n) is 1.59. The summed E-state index contributed by atoms with van der Waals surface area (Å²) in [5, 5.41) is 0. The van der Waals surface area contributed by atoms with Gasteiger partial charge in [0.25, 0.3) is 0 Å². The van der Waals surface area contributed by atoms with Gasteiger partial charge >= 0.3 is 11.9 Å². The Morgan fingerprint density at radius 1 is 1.14 bits per heavy atom. The van der Waals surface area contributed by atoms with E-state index in [2.05, 4.69) is 0 Å². The number of rotatable bonds is 2. The number of hydrogen-bond acceptors (Lipinski definition) is 4. The van der Waals surface area contributed by atoms with Crippen LogP contribution in [0.1, 0.15) is 33.1 Å². The molecular weight excluding hydrogens is 184 g/mol. The Balaban J connectivity index is 2.49. The lowest BCUT2D eigenvalue weighted by atomic mass is 9.94. The van der Waals surface area contributed by atoms with Crippen molar-refractivity contribution in [3.8, 4) is 0 Å². The van der Waals surface area contributed by atoms with Gasteiger partial charge in [0.15, 0.2) is 0 Å². The van der Waals surface area contributed by atoms with Crippen molar-refractivity contribution in [1.82, 2.24) is 0 Å². The predicted molar refractivity (Wildman–Crippen MR) is 49.3 cm³/mol. The minimum atomic E-state index is -0.331. The van der Waals surface area contributed by atoms with Crippen LogP contribution in [0, 0.1) is 6.42 Å². The molecule has 1 rings (SSSR count). The van der Waals surface area contributed by atoms with E-state index in [0.29, 0.717) is 6.42 Å². The third-order valence-corrected chi connectivity index (χ3v) is 2.10. The highest BCUT2D eigenvalue weighted by Crippen LogP contribution is 2.23. The molecule has 0 bridgehead atoms. The Labute approximate surface area is 83.6 Å². The van der Waals surface area contributed by atoms with E-state index in [-0.39, 0.29) is 24.1 Å². The molecule has 0 amide bonds. The lowest BCUT2D eigenvalue weighted by Gasteiger charge is -2.29. The molecule has 0 aromatic rings. The van der Waals surface area contributed by atoms with Gasteiger partial charge in [0, 0.05) is 13.8 Å². The highest BCUT2D eigenvalue weighted by molar-refractivity contribution is 5.67. The fourth-order valence-corrected chi connectivity index (χ4v) is 1.59. The lowest BCUT2D eigenvalue weighted by Crippen LogP contribution is -2.37. The standard InChI is InChI=1S/C10H15O4/c1-7(11)13-9-5-3-4-6-10(9)14-8(2)12/h3,9-10H,4-6H2,1-2H3. The molecule has 4 heteroatoms. The van der Waals surface area contributed by atoms with Crippen LogP contribution in [0.4, 0.5) is 0 Å². The summed E-state index contributed by atoms with van der Waals surface area (Å²) in [5.41, 5.74) is 0. The first-order valence-corrected chi connectivity index (χ1v) is 4.75. The molecule has 0 N–H and O–H groups in total. The van der Waals surface area contributed by atoms with Crippen molar-refractivity contribution in [1.29, 1.82) is 0 Å². The molecular formula is C10H15O4. The zero-order chi connectivity index (χ0) is 10.6. The summed E-state index contributed by atoms with van der Waals surface area (Å²) >= 11 is 0. The average Bonchev–Trinajstić information content (AvgIpc) is 2.06. The van der Waals surface area contributed by atoms with Crippen LogP contribution in [0.2, 0.25) is 0 Å². The monoisotopic (exact) mass is 199 g/mol. The minimum Gasteiger partial charge on any atom is -0.459 e. The van der Waals surface area contributed by atoms with Crippen LogP contribution in [-0.4, -0.2) is 24.1 Å². The van der Waals surface area contributed by atoms with Crippen molar-refractivity contribution in [2.45, 2.75) is 45.3 Å². The van der Waals surface area contributed by atoms with Crippen molar-refractivity contribution in [3.05, 3.63) is 6.42 Å². The second kappa shape index (κ2) is 4.98. The topological polar surface area (TPSA) is 52.6 Å². The molecule has 1 radical (unpaired) electrons. The first-order chi connectivity index (χ1) is 6.59. The van der Waals surface area contributed by atoms with E-state index in [1.807, 2.05) is 6.42 Å². The summed E-state index contributed by atoms with van der Waals surface area (Å²) in [6.45, 7) is 2.72. The van der Waals surface area contributed by atoms with Crippen LogP contribution < -0.4 is 0 Å². The number of hydrogen-bond donors (Lipinski definition) is 0. The predicted octanol–water partition coefficient (Wildman–Crippen LogP) is 1.24. The van der Waals surface area contributed by atoms with Gasteiger partial charge in [-0.25, -0.2) is 0 Å². The summed E-state index contributed by atoms with van der Waals surface area (Å²) in [6, 6.07) is 0. The molecule has 0 heterocycles. The molecule has 4 nitrogen and oxygen atoms in total. The second-order valence-electron chi connectivity index (χ2n) is 3.40. The van der Waals surface area contributed by atoms with Gasteiger partial charge in [-0.1, -0.05) is 0 Å². The summed E-state index contributed by atoms with van der Waals surface area (Å²) in [4.78, 5) is 21.5. The minimum absolute atomic E-state index is 0.276. The number of carbonyl (C=O) groups excluding carboxylic acids is 2. The SMILES string of the molecule is CC(=O)OC1C[CH]CCC1OC(C)=O. The molecule has 1 aliphatic carbocycles. The molecule has 2 unspecified atom stereocenters. The number of carbonyl (C=O) groups is 2. The Hall–Kier alpha value is -1.06. The first kappa shape index (κ1) is 11.0. The first-order valence-electron chi connectivity index (χ1n) is 4.75. The summed E-state index contributed by atoms with van der Waals surface area (Å²) in [5.74, 6) is -0.656. The molecule has 0 aliphatic heterocycles. The lowest BCUT2D eigenvalue weighted by molar-refractivity contribution is -0.167. The third-order valence-electron chi connectivity index (χ3n) is 2.10. The maximum atomic E-state index is 10.8. The van der Waals surface area contributed by atoms with E-state index in [9.17, 15) is 9.59 Å². The van der Waals surface area contributed by atoms with Crippen LogP contribution in [0.5, 0.6) is 0 Å². The van der Waals surface area contributed by atoms with E-state index in [1.165, 1.54) is 13.8 Å². The van der Waals surface area contributed by atoms with Crippen LogP contribution in [0.25, 0.3) is 0 Å². The third kappa shape index (κ3) is 3.36. The van der Waals surface area contributed by atoms with Crippen molar-refractivity contribution in [2.75, 3.05) is 0 Å². The molecule has 0 aromatic heterocycles. The molecule has 0 saturated heterocycles. The molecule has 1 fully saturated rings. The van der Waals surface area contributed by atoms with Crippen LogP contribution in [0.3, 0.4) is 0 Å². The van der Waals surface area contributed by atoms with Gasteiger partial charge in [0.05, 0.1) is 0 Å². The van der Waals surface area contributed by atoms with E-state index >= 15 is 0 Å². The van der Waals surface area contributed by atoms with Crippen molar-refractivity contribution < 1.29 is 19.1 Å². The van der Waals surface area contributed by atoms with Crippen molar-refractivity contribution in [2.24, 2.45) is 0 Å². The zero-order valence-corrected chi connectivity index (χ0v) is 8.49. The van der Waals surface area contributed by atoms with Gasteiger partial charge in [0.2, 0.25) is 0 Å². The maximum Gasteiger partial charge on any atom is 0.303 e. The Morgan fingerprint density at radius 3 is 2.29 bits per heavy atom. The van der Waals surface area contributed by atoms with Crippen LogP contribution >= 0.6 is 0 Å². The molecule has 0 aromatic carbocycles. The van der Waals surface area contributed by atoms with Gasteiger partial charge in [-0.05, 0) is 25.7 Å². The fraction of sp³-hybridized carbons (Fsp3) is 0.700. The summed E-state index contributed by atoms with van der Waals surface area (Å²) in [6.07, 6.45) is 3.77. The number of ether oxygens (including phenoxy) is 2. The average molecular weight is 199 g/mol. The normalized spacial score (nSPS) is 26.7. The quantitative estimate of drug-likeness (QED) is 0.628. The molecule has 2 atom stereocenters. The van der Waals surface area contributed by atoms with Crippen molar-refractivity contribution in [3.63, 3.8) is 0 Å². The van der Waals surface area contributed by atoms with Crippen molar-refractivity contribution >= 4 is 11.9 Å².